The summed E-state index contributed by atoms with van der Waals surface area (Å²) in [6.45, 7) is 4.34. The van der Waals surface area contributed by atoms with Crippen LogP contribution >= 0.6 is 0 Å². The quantitative estimate of drug-likeness (QED) is 0.470. The molecule has 0 aromatic heterocycles. The van der Waals surface area contributed by atoms with E-state index in [2.05, 4.69) is 27.0 Å². The highest BCUT2D eigenvalue weighted by atomic mass is 16.7. The molecule has 0 bridgehead atoms. The number of guanidine groups is 1. The zero-order chi connectivity index (χ0) is 19.6. The number of aliphatic imine (C=N–C) groups is 1. The van der Waals surface area contributed by atoms with Gasteiger partial charge in [0.2, 0.25) is 12.7 Å². The smallest absolute Gasteiger partial charge is 0.231 e. The van der Waals surface area contributed by atoms with Gasteiger partial charge in [-0.2, -0.15) is 0 Å². The molecule has 1 aliphatic heterocycles. The molecule has 3 N–H and O–H groups in total. The van der Waals surface area contributed by atoms with Gasteiger partial charge in [0.05, 0.1) is 6.54 Å². The van der Waals surface area contributed by atoms with Gasteiger partial charge in [0.1, 0.15) is 0 Å². The van der Waals surface area contributed by atoms with Crippen molar-refractivity contribution in [2.45, 2.75) is 57.9 Å². The first-order valence-corrected chi connectivity index (χ1v) is 10.4. The van der Waals surface area contributed by atoms with Crippen LogP contribution in [0.1, 0.15) is 51.0 Å². The number of carbonyl (C=O) groups is 1. The van der Waals surface area contributed by atoms with Gasteiger partial charge in [-0.1, -0.05) is 25.3 Å². The molecule has 0 unspecified atom stereocenters. The Bertz CT molecular complexity index is 672. The maximum atomic E-state index is 12.1. The Morgan fingerprint density at radius 2 is 1.96 bits per heavy atom. The number of rotatable bonds is 8. The molecule has 1 aliphatic carbocycles. The molecule has 154 valence electrons. The summed E-state index contributed by atoms with van der Waals surface area (Å²) in [5.74, 6) is 2.46. The predicted octanol–water partition coefficient (Wildman–Crippen LogP) is 2.35. The van der Waals surface area contributed by atoms with E-state index in [-0.39, 0.29) is 5.91 Å². The van der Waals surface area contributed by atoms with E-state index < -0.39 is 0 Å². The van der Waals surface area contributed by atoms with Crippen LogP contribution in [-0.2, 0) is 11.2 Å². The average Bonchev–Trinajstić information content (AvgIpc) is 3.16. The van der Waals surface area contributed by atoms with E-state index in [1.807, 2.05) is 19.1 Å². The van der Waals surface area contributed by atoms with Gasteiger partial charge in [-0.25, -0.2) is 0 Å². The summed E-state index contributed by atoms with van der Waals surface area (Å²) in [6.07, 6.45) is 7.24. The normalized spacial score (nSPS) is 16.7. The standard InChI is InChI=1S/C21H32N4O3/c1-2-22-21(24-13-11-20(26)25-17-6-4-3-5-7-17)23-12-10-16-8-9-18-19(14-16)28-15-27-18/h8-9,14,17H,2-7,10-13,15H2,1H3,(H,25,26)(H2,22,23,24). The Labute approximate surface area is 167 Å². The molecular weight excluding hydrogens is 356 g/mol. The molecule has 1 amide bonds. The van der Waals surface area contributed by atoms with Crippen LogP contribution < -0.4 is 25.4 Å². The van der Waals surface area contributed by atoms with E-state index in [0.717, 1.165) is 49.8 Å². The third kappa shape index (κ3) is 6.32. The minimum atomic E-state index is 0.104. The Balaban J connectivity index is 1.39. The molecular formula is C21H32N4O3. The maximum Gasteiger partial charge on any atom is 0.231 e. The molecule has 1 saturated carbocycles. The molecule has 1 fully saturated rings. The lowest BCUT2D eigenvalue weighted by Gasteiger charge is -2.22. The van der Waals surface area contributed by atoms with Crippen molar-refractivity contribution in [1.82, 2.24) is 16.0 Å². The zero-order valence-corrected chi connectivity index (χ0v) is 16.8. The third-order valence-corrected chi connectivity index (χ3v) is 5.07. The summed E-state index contributed by atoms with van der Waals surface area (Å²) in [5, 5.41) is 9.69. The Morgan fingerprint density at radius 1 is 1.14 bits per heavy atom. The van der Waals surface area contributed by atoms with Crippen LogP contribution in [0.5, 0.6) is 11.5 Å². The number of ether oxygens (including phenoxy) is 2. The molecule has 3 rings (SSSR count). The summed E-state index contributed by atoms with van der Waals surface area (Å²) in [4.78, 5) is 16.6. The fraction of sp³-hybridized carbons (Fsp3) is 0.619. The number of amides is 1. The van der Waals surface area contributed by atoms with E-state index in [0.29, 0.717) is 25.8 Å². The van der Waals surface area contributed by atoms with Crippen LogP contribution in [0.15, 0.2) is 23.2 Å². The largest absolute Gasteiger partial charge is 0.454 e. The fourth-order valence-electron chi connectivity index (χ4n) is 3.58. The molecule has 1 aromatic carbocycles. The zero-order valence-electron chi connectivity index (χ0n) is 16.8. The van der Waals surface area contributed by atoms with Gasteiger partial charge in [-0.05, 0) is 43.9 Å². The van der Waals surface area contributed by atoms with Crippen molar-refractivity contribution in [2.75, 3.05) is 26.4 Å². The number of hydrogen-bond acceptors (Lipinski definition) is 4. The van der Waals surface area contributed by atoms with Gasteiger partial charge in [0, 0.05) is 25.6 Å². The van der Waals surface area contributed by atoms with Crippen LogP contribution in [0.4, 0.5) is 0 Å². The van der Waals surface area contributed by atoms with E-state index in [1.165, 1.54) is 24.8 Å². The van der Waals surface area contributed by atoms with E-state index in [9.17, 15) is 4.79 Å². The summed E-state index contributed by atoms with van der Waals surface area (Å²) in [7, 11) is 0. The van der Waals surface area contributed by atoms with Gasteiger partial charge < -0.3 is 25.4 Å². The number of hydrogen-bond donors (Lipinski definition) is 3. The molecule has 0 saturated heterocycles. The first-order valence-electron chi connectivity index (χ1n) is 10.4. The molecule has 1 aromatic rings. The van der Waals surface area contributed by atoms with Crippen molar-refractivity contribution in [2.24, 2.45) is 4.99 Å². The molecule has 0 radical (unpaired) electrons. The molecule has 0 atom stereocenters. The summed E-state index contributed by atoms with van der Waals surface area (Å²) < 4.78 is 10.8. The third-order valence-electron chi connectivity index (χ3n) is 5.07. The van der Waals surface area contributed by atoms with Crippen molar-refractivity contribution in [3.05, 3.63) is 23.8 Å². The van der Waals surface area contributed by atoms with Crippen LogP contribution in [0.3, 0.4) is 0 Å². The molecule has 28 heavy (non-hydrogen) atoms. The van der Waals surface area contributed by atoms with Crippen molar-refractivity contribution < 1.29 is 14.3 Å². The highest BCUT2D eigenvalue weighted by Crippen LogP contribution is 2.32. The molecule has 2 aliphatic rings. The fourth-order valence-corrected chi connectivity index (χ4v) is 3.58. The van der Waals surface area contributed by atoms with Crippen molar-refractivity contribution in [3.8, 4) is 11.5 Å². The Kier molecular flexibility index (Phi) is 7.82. The first-order chi connectivity index (χ1) is 13.7. The van der Waals surface area contributed by atoms with Crippen molar-refractivity contribution in [3.63, 3.8) is 0 Å². The van der Waals surface area contributed by atoms with Crippen LogP contribution in [0.25, 0.3) is 0 Å². The second kappa shape index (κ2) is 10.8. The van der Waals surface area contributed by atoms with Gasteiger partial charge in [0.15, 0.2) is 17.5 Å². The molecule has 1 heterocycles. The summed E-state index contributed by atoms with van der Waals surface area (Å²) in [6, 6.07) is 6.37. The lowest BCUT2D eigenvalue weighted by atomic mass is 9.95. The number of carbonyl (C=O) groups excluding carboxylic acids is 1. The molecule has 7 heteroatoms. The Morgan fingerprint density at radius 3 is 2.79 bits per heavy atom. The highest BCUT2D eigenvalue weighted by Gasteiger charge is 2.15. The maximum absolute atomic E-state index is 12.1. The topological polar surface area (TPSA) is 84.0 Å². The minimum Gasteiger partial charge on any atom is -0.454 e. The average molecular weight is 389 g/mol. The Hall–Kier alpha value is -2.44. The van der Waals surface area contributed by atoms with Gasteiger partial charge >= 0.3 is 0 Å². The van der Waals surface area contributed by atoms with Crippen LogP contribution in [-0.4, -0.2) is 44.3 Å². The first kappa shape index (κ1) is 20.3. The monoisotopic (exact) mass is 388 g/mol. The molecule has 7 nitrogen and oxygen atoms in total. The predicted molar refractivity (Wildman–Crippen MR) is 110 cm³/mol. The van der Waals surface area contributed by atoms with Gasteiger partial charge in [-0.15, -0.1) is 0 Å². The minimum absolute atomic E-state index is 0.104. The second-order valence-electron chi connectivity index (χ2n) is 7.28. The van der Waals surface area contributed by atoms with E-state index in [1.54, 1.807) is 0 Å². The van der Waals surface area contributed by atoms with Gasteiger partial charge in [0.25, 0.3) is 0 Å². The second-order valence-corrected chi connectivity index (χ2v) is 7.28. The lowest BCUT2D eigenvalue weighted by Crippen LogP contribution is -2.39. The van der Waals surface area contributed by atoms with Gasteiger partial charge in [-0.3, -0.25) is 9.79 Å². The summed E-state index contributed by atoms with van der Waals surface area (Å²) >= 11 is 0. The van der Waals surface area contributed by atoms with Crippen molar-refractivity contribution in [1.29, 1.82) is 0 Å². The highest BCUT2D eigenvalue weighted by molar-refractivity contribution is 5.80. The number of fused-ring (bicyclic) bond motifs is 1. The SMILES string of the molecule is CCNC(=NCCC(=O)NC1CCCCC1)NCCc1ccc2c(c1)OCO2. The lowest BCUT2D eigenvalue weighted by molar-refractivity contribution is -0.121. The summed E-state index contributed by atoms with van der Waals surface area (Å²) in [5.41, 5.74) is 1.18. The molecule has 0 spiro atoms. The van der Waals surface area contributed by atoms with Crippen LogP contribution in [0.2, 0.25) is 0 Å². The van der Waals surface area contributed by atoms with Crippen LogP contribution in [0, 0.1) is 0 Å². The van der Waals surface area contributed by atoms with E-state index in [4.69, 9.17) is 9.47 Å². The number of nitrogens with zero attached hydrogens (tertiary/aromatic N) is 1. The number of nitrogens with one attached hydrogen (secondary N) is 3. The van der Waals surface area contributed by atoms with E-state index >= 15 is 0 Å². The number of benzene rings is 1. The van der Waals surface area contributed by atoms with Crippen molar-refractivity contribution >= 4 is 11.9 Å².